The van der Waals surface area contributed by atoms with Gasteiger partial charge in [-0.3, -0.25) is 4.90 Å². The van der Waals surface area contributed by atoms with E-state index in [-0.39, 0.29) is 12.1 Å². The van der Waals surface area contributed by atoms with Crippen LogP contribution >= 0.6 is 0 Å². The van der Waals surface area contributed by atoms with E-state index in [4.69, 9.17) is 0 Å². The lowest BCUT2D eigenvalue weighted by molar-refractivity contribution is 0.0452. The minimum Gasteiger partial charge on any atom is -0.394 e. The first-order chi connectivity index (χ1) is 10.3. The summed E-state index contributed by atoms with van der Waals surface area (Å²) in [5, 5.41) is 21.9. The number of rotatable bonds is 4. The maximum absolute atomic E-state index is 9.95. The number of hydrogen-bond acceptors (Lipinski definition) is 5. The van der Waals surface area contributed by atoms with Gasteiger partial charge in [-0.15, -0.1) is 10.2 Å². The third kappa shape index (κ3) is 2.72. The molecule has 0 aromatic carbocycles. The Labute approximate surface area is 125 Å². The van der Waals surface area contributed by atoms with E-state index < -0.39 is 0 Å². The van der Waals surface area contributed by atoms with Crippen LogP contribution in [0.5, 0.6) is 0 Å². The average molecular weight is 291 g/mol. The van der Waals surface area contributed by atoms with Gasteiger partial charge in [0.25, 0.3) is 0 Å². The molecule has 0 amide bonds. The van der Waals surface area contributed by atoms with Gasteiger partial charge in [-0.05, 0) is 38.5 Å². The van der Waals surface area contributed by atoms with Crippen molar-refractivity contribution in [1.82, 2.24) is 25.0 Å². The van der Waals surface area contributed by atoms with E-state index in [2.05, 4.69) is 25.0 Å². The van der Waals surface area contributed by atoms with E-state index in [0.29, 0.717) is 12.1 Å². The quantitative estimate of drug-likeness (QED) is 0.846. The number of hydrogen-bond donors (Lipinski definition) is 2. The van der Waals surface area contributed by atoms with Crippen LogP contribution in [0.4, 0.5) is 0 Å². The summed E-state index contributed by atoms with van der Waals surface area (Å²) in [6, 6.07) is 1.21. The van der Waals surface area contributed by atoms with Gasteiger partial charge in [0.15, 0.2) is 0 Å². The smallest absolute Gasteiger partial charge is 0.147 e. The minimum atomic E-state index is -0.0464. The fourth-order valence-electron chi connectivity index (χ4n) is 4.02. The summed E-state index contributed by atoms with van der Waals surface area (Å²) in [6.07, 6.45) is 9.00. The van der Waals surface area contributed by atoms with Crippen LogP contribution in [-0.4, -0.2) is 55.5 Å². The van der Waals surface area contributed by atoms with Crippen LogP contribution in [0.1, 0.15) is 44.3 Å². The molecule has 6 nitrogen and oxygen atoms in total. The molecular formula is C15H25N5O. The molecule has 4 rings (SSSR count). The van der Waals surface area contributed by atoms with E-state index in [9.17, 15) is 5.11 Å². The van der Waals surface area contributed by atoms with Crippen molar-refractivity contribution in [2.45, 2.75) is 69.2 Å². The highest BCUT2D eigenvalue weighted by atomic mass is 16.3. The first kappa shape index (κ1) is 13.7. The fraction of sp³-hybridized carbons (Fsp3) is 0.867. The zero-order valence-corrected chi connectivity index (χ0v) is 12.5. The number of nitrogens with zero attached hydrogens (tertiary/aromatic N) is 4. The molecule has 0 saturated heterocycles. The summed E-state index contributed by atoms with van der Waals surface area (Å²) in [6.45, 7) is 3.22. The highest BCUT2D eigenvalue weighted by molar-refractivity contribution is 5.02. The molecule has 0 radical (unpaired) electrons. The van der Waals surface area contributed by atoms with E-state index in [1.807, 2.05) is 6.33 Å². The van der Waals surface area contributed by atoms with Crippen LogP contribution in [0.25, 0.3) is 0 Å². The molecule has 1 aromatic rings. The Morgan fingerprint density at radius 3 is 3.05 bits per heavy atom. The SMILES string of the molecule is OCC1(NC2CC2)CCCC(N2CCn3cnnc3C2)C1. The predicted octanol–water partition coefficient (Wildman–Crippen LogP) is 0.519. The molecule has 21 heavy (non-hydrogen) atoms. The Balaban J connectivity index is 1.45. The number of aliphatic hydroxyl groups excluding tert-OH is 1. The van der Waals surface area contributed by atoms with E-state index >= 15 is 0 Å². The molecular weight excluding hydrogens is 266 g/mol. The lowest BCUT2D eigenvalue weighted by atomic mass is 9.78. The van der Waals surface area contributed by atoms with Crippen molar-refractivity contribution < 1.29 is 5.11 Å². The first-order valence-corrected chi connectivity index (χ1v) is 8.27. The molecule has 116 valence electrons. The summed E-state index contributed by atoms with van der Waals surface area (Å²) in [5.74, 6) is 1.08. The van der Waals surface area contributed by atoms with Crippen LogP contribution < -0.4 is 5.32 Å². The third-order valence-electron chi connectivity index (χ3n) is 5.39. The van der Waals surface area contributed by atoms with E-state index in [0.717, 1.165) is 38.3 Å². The van der Waals surface area contributed by atoms with Gasteiger partial charge in [0.05, 0.1) is 13.2 Å². The molecule has 2 aliphatic carbocycles. The average Bonchev–Trinajstić information content (AvgIpc) is 3.20. The summed E-state index contributed by atoms with van der Waals surface area (Å²) >= 11 is 0. The highest BCUT2D eigenvalue weighted by Gasteiger charge is 2.41. The van der Waals surface area contributed by atoms with Gasteiger partial charge in [0.2, 0.25) is 0 Å². The Morgan fingerprint density at radius 2 is 2.24 bits per heavy atom. The number of fused-ring (bicyclic) bond motifs is 1. The summed E-state index contributed by atoms with van der Waals surface area (Å²) in [5.41, 5.74) is -0.0464. The molecule has 2 N–H and O–H groups in total. The second-order valence-electron chi connectivity index (χ2n) is 7.02. The molecule has 0 spiro atoms. The predicted molar refractivity (Wildman–Crippen MR) is 78.7 cm³/mol. The lowest BCUT2D eigenvalue weighted by Crippen LogP contribution is -2.57. The van der Waals surface area contributed by atoms with Crippen LogP contribution in [0.15, 0.2) is 6.33 Å². The summed E-state index contributed by atoms with van der Waals surface area (Å²) in [4.78, 5) is 2.54. The Morgan fingerprint density at radius 1 is 1.33 bits per heavy atom. The van der Waals surface area contributed by atoms with Crippen molar-refractivity contribution in [2.75, 3.05) is 13.2 Å². The molecule has 6 heteroatoms. The summed E-state index contributed by atoms with van der Waals surface area (Å²) in [7, 11) is 0. The van der Waals surface area contributed by atoms with Crippen molar-refractivity contribution in [3.05, 3.63) is 12.2 Å². The molecule has 2 fully saturated rings. The molecule has 2 unspecified atom stereocenters. The molecule has 2 saturated carbocycles. The molecule has 0 bridgehead atoms. The normalized spacial score (nSPS) is 33.9. The van der Waals surface area contributed by atoms with Crippen LogP contribution in [-0.2, 0) is 13.1 Å². The monoisotopic (exact) mass is 291 g/mol. The topological polar surface area (TPSA) is 66.2 Å². The zero-order chi connectivity index (χ0) is 14.3. The number of aliphatic hydroxyl groups is 1. The van der Waals surface area contributed by atoms with Crippen molar-refractivity contribution >= 4 is 0 Å². The number of aromatic nitrogens is 3. The maximum atomic E-state index is 9.95. The molecule has 1 aromatic heterocycles. The Bertz CT molecular complexity index is 500. The van der Waals surface area contributed by atoms with Gasteiger partial charge in [0.1, 0.15) is 12.2 Å². The second kappa shape index (κ2) is 5.34. The number of nitrogens with one attached hydrogen (secondary N) is 1. The molecule has 1 aliphatic heterocycles. The highest BCUT2D eigenvalue weighted by Crippen LogP contribution is 2.35. The fourth-order valence-corrected chi connectivity index (χ4v) is 4.02. The van der Waals surface area contributed by atoms with Crippen LogP contribution in [0.3, 0.4) is 0 Å². The third-order valence-corrected chi connectivity index (χ3v) is 5.39. The van der Waals surface area contributed by atoms with Crippen LogP contribution in [0.2, 0.25) is 0 Å². The van der Waals surface area contributed by atoms with Gasteiger partial charge in [-0.2, -0.15) is 0 Å². The molecule has 2 atom stereocenters. The van der Waals surface area contributed by atoms with Crippen molar-refractivity contribution in [1.29, 1.82) is 0 Å². The van der Waals surface area contributed by atoms with Gasteiger partial charge in [0, 0.05) is 30.7 Å². The summed E-state index contributed by atoms with van der Waals surface area (Å²) < 4.78 is 2.15. The van der Waals surface area contributed by atoms with Gasteiger partial charge in [-0.1, -0.05) is 0 Å². The minimum absolute atomic E-state index is 0.0464. The van der Waals surface area contributed by atoms with Gasteiger partial charge in [-0.25, -0.2) is 0 Å². The van der Waals surface area contributed by atoms with Gasteiger partial charge >= 0.3 is 0 Å². The molecule has 2 heterocycles. The Kier molecular flexibility index (Phi) is 3.47. The van der Waals surface area contributed by atoms with Crippen molar-refractivity contribution in [3.63, 3.8) is 0 Å². The zero-order valence-electron chi connectivity index (χ0n) is 12.5. The van der Waals surface area contributed by atoms with Crippen LogP contribution in [0, 0.1) is 0 Å². The van der Waals surface area contributed by atoms with Crippen molar-refractivity contribution in [3.8, 4) is 0 Å². The Hall–Kier alpha value is -0.980. The largest absolute Gasteiger partial charge is 0.394 e. The second-order valence-corrected chi connectivity index (χ2v) is 7.02. The lowest BCUT2D eigenvalue weighted by Gasteiger charge is -2.45. The first-order valence-electron chi connectivity index (χ1n) is 8.27. The van der Waals surface area contributed by atoms with E-state index in [1.54, 1.807) is 0 Å². The maximum Gasteiger partial charge on any atom is 0.147 e. The molecule has 3 aliphatic rings. The van der Waals surface area contributed by atoms with E-state index in [1.165, 1.54) is 25.7 Å². The van der Waals surface area contributed by atoms with Crippen molar-refractivity contribution in [2.24, 2.45) is 0 Å². The standard InChI is InChI=1S/C15H25N5O/c21-10-15(17-12-3-4-12)5-1-2-13(8-15)19-6-7-20-11-16-18-14(20)9-19/h11-13,17,21H,1-10H2. The van der Waals surface area contributed by atoms with Gasteiger partial charge < -0.3 is 15.0 Å².